The Morgan fingerprint density at radius 3 is 2.18 bits per heavy atom. The molecule has 1 saturated carbocycles. The number of carboxylic acids is 1. The van der Waals surface area contributed by atoms with Gasteiger partial charge in [0, 0.05) is 19.8 Å². The molecule has 0 aromatic rings. The van der Waals surface area contributed by atoms with Crippen molar-refractivity contribution in [2.24, 2.45) is 5.41 Å². The fourth-order valence-corrected chi connectivity index (χ4v) is 2.06. The molecule has 0 spiro atoms. The molecule has 5 nitrogen and oxygen atoms in total. The standard InChI is InChI=1S/C10H15F2NO4/c1-8(17)3-10(4-8,7(15)16)6(14)13-5-9(2,11)12/h17H,3-5H2,1-2H3,(H,13,14)(H,15,16). The number of carbonyl (C=O) groups is 2. The van der Waals surface area contributed by atoms with Crippen molar-refractivity contribution >= 4 is 11.9 Å². The first-order valence-electron chi connectivity index (χ1n) is 5.10. The van der Waals surface area contributed by atoms with Crippen LogP contribution in [0.2, 0.25) is 0 Å². The lowest BCUT2D eigenvalue weighted by molar-refractivity contribution is -0.184. The normalized spacial score (nSPS) is 32.8. The highest BCUT2D eigenvalue weighted by Gasteiger charge is 2.61. The van der Waals surface area contributed by atoms with E-state index < -0.39 is 35.4 Å². The maximum atomic E-state index is 12.5. The Bertz CT molecular complexity index is 341. The summed E-state index contributed by atoms with van der Waals surface area (Å²) >= 11 is 0. The summed E-state index contributed by atoms with van der Waals surface area (Å²) in [6, 6.07) is 0. The van der Waals surface area contributed by atoms with Crippen molar-refractivity contribution in [1.29, 1.82) is 0 Å². The number of aliphatic hydroxyl groups is 1. The van der Waals surface area contributed by atoms with Crippen LogP contribution in [0.3, 0.4) is 0 Å². The molecule has 0 unspecified atom stereocenters. The van der Waals surface area contributed by atoms with Crippen molar-refractivity contribution in [3.63, 3.8) is 0 Å². The second-order valence-electron chi connectivity index (χ2n) is 4.99. The highest BCUT2D eigenvalue weighted by molar-refractivity contribution is 6.03. The van der Waals surface area contributed by atoms with Gasteiger partial charge in [-0.15, -0.1) is 0 Å². The van der Waals surface area contributed by atoms with Gasteiger partial charge in [-0.2, -0.15) is 0 Å². The Morgan fingerprint density at radius 2 is 1.88 bits per heavy atom. The van der Waals surface area contributed by atoms with E-state index in [1.165, 1.54) is 6.92 Å². The van der Waals surface area contributed by atoms with Crippen LogP contribution < -0.4 is 5.32 Å². The largest absolute Gasteiger partial charge is 0.480 e. The molecule has 1 amide bonds. The fourth-order valence-electron chi connectivity index (χ4n) is 2.06. The molecule has 0 aromatic carbocycles. The lowest BCUT2D eigenvalue weighted by Crippen LogP contribution is -2.62. The van der Waals surface area contributed by atoms with Crippen LogP contribution in [0.15, 0.2) is 0 Å². The van der Waals surface area contributed by atoms with Crippen LogP contribution in [0.5, 0.6) is 0 Å². The molecular weight excluding hydrogens is 236 g/mol. The van der Waals surface area contributed by atoms with Gasteiger partial charge in [-0.25, -0.2) is 8.78 Å². The molecule has 0 heterocycles. The third kappa shape index (κ3) is 2.91. The molecule has 0 atom stereocenters. The first-order chi connectivity index (χ1) is 7.49. The van der Waals surface area contributed by atoms with Gasteiger partial charge in [-0.1, -0.05) is 0 Å². The van der Waals surface area contributed by atoms with Gasteiger partial charge < -0.3 is 15.5 Å². The van der Waals surface area contributed by atoms with E-state index in [0.29, 0.717) is 6.92 Å². The smallest absolute Gasteiger partial charge is 0.319 e. The quantitative estimate of drug-likeness (QED) is 0.630. The zero-order valence-corrected chi connectivity index (χ0v) is 9.59. The van der Waals surface area contributed by atoms with E-state index in [9.17, 15) is 23.5 Å². The van der Waals surface area contributed by atoms with E-state index in [1.807, 2.05) is 5.32 Å². The topological polar surface area (TPSA) is 86.6 Å². The fraction of sp³-hybridized carbons (Fsp3) is 0.800. The van der Waals surface area contributed by atoms with Gasteiger partial charge in [0.15, 0.2) is 5.41 Å². The molecule has 1 aliphatic carbocycles. The molecular formula is C10H15F2NO4. The molecule has 0 aliphatic heterocycles. The third-order valence-electron chi connectivity index (χ3n) is 2.77. The summed E-state index contributed by atoms with van der Waals surface area (Å²) in [6.07, 6.45) is -0.535. The van der Waals surface area contributed by atoms with Gasteiger partial charge in [0.1, 0.15) is 0 Å². The minimum atomic E-state index is -3.10. The number of carboxylic acid groups (broad SMARTS) is 1. The molecule has 17 heavy (non-hydrogen) atoms. The van der Waals surface area contributed by atoms with Crippen molar-refractivity contribution in [3.8, 4) is 0 Å². The molecule has 0 aromatic heterocycles. The van der Waals surface area contributed by atoms with Crippen LogP contribution in [0, 0.1) is 5.41 Å². The molecule has 1 aliphatic rings. The summed E-state index contributed by atoms with van der Waals surface area (Å²) in [5.41, 5.74) is -3.01. The van der Waals surface area contributed by atoms with Crippen LogP contribution in [0.4, 0.5) is 8.78 Å². The predicted octanol–water partition coefficient (Wildman–Crippen LogP) is 0.374. The summed E-state index contributed by atoms with van der Waals surface area (Å²) in [7, 11) is 0. The summed E-state index contributed by atoms with van der Waals surface area (Å²) in [5, 5.41) is 20.3. The lowest BCUT2D eigenvalue weighted by Gasteiger charge is -2.47. The summed E-state index contributed by atoms with van der Waals surface area (Å²) in [4.78, 5) is 22.6. The molecule has 0 bridgehead atoms. The predicted molar refractivity (Wildman–Crippen MR) is 53.6 cm³/mol. The number of carbonyl (C=O) groups excluding carboxylic acids is 1. The lowest BCUT2D eigenvalue weighted by atomic mass is 9.59. The highest BCUT2D eigenvalue weighted by Crippen LogP contribution is 2.48. The van der Waals surface area contributed by atoms with Crippen molar-refractivity contribution in [1.82, 2.24) is 5.32 Å². The molecule has 98 valence electrons. The van der Waals surface area contributed by atoms with Gasteiger partial charge in [-0.05, 0) is 6.92 Å². The molecule has 3 N–H and O–H groups in total. The number of aliphatic carboxylic acids is 1. The number of rotatable bonds is 4. The Kier molecular flexibility index (Phi) is 3.17. The number of amides is 1. The number of nitrogens with one attached hydrogen (secondary N) is 1. The van der Waals surface area contributed by atoms with Crippen LogP contribution in [0.1, 0.15) is 26.7 Å². The minimum Gasteiger partial charge on any atom is -0.480 e. The van der Waals surface area contributed by atoms with E-state index in [-0.39, 0.29) is 12.8 Å². The number of alkyl halides is 2. The van der Waals surface area contributed by atoms with Gasteiger partial charge in [-0.3, -0.25) is 9.59 Å². The average molecular weight is 251 g/mol. The van der Waals surface area contributed by atoms with Gasteiger partial charge in [0.25, 0.3) is 5.92 Å². The summed E-state index contributed by atoms with van der Waals surface area (Å²) in [5.74, 6) is -5.47. The van der Waals surface area contributed by atoms with Crippen LogP contribution in [-0.4, -0.2) is 40.2 Å². The molecule has 7 heteroatoms. The molecule has 1 rings (SSSR count). The van der Waals surface area contributed by atoms with Gasteiger partial charge in [0.05, 0.1) is 12.1 Å². The molecule has 1 fully saturated rings. The van der Waals surface area contributed by atoms with E-state index in [0.717, 1.165) is 0 Å². The van der Waals surface area contributed by atoms with Gasteiger partial charge in [0.2, 0.25) is 5.91 Å². The minimum absolute atomic E-state index is 0.267. The zero-order chi connectivity index (χ0) is 13.5. The Morgan fingerprint density at radius 1 is 1.41 bits per heavy atom. The first kappa shape index (κ1) is 13.8. The maximum Gasteiger partial charge on any atom is 0.319 e. The van der Waals surface area contributed by atoms with E-state index in [1.54, 1.807) is 0 Å². The second-order valence-corrected chi connectivity index (χ2v) is 4.99. The van der Waals surface area contributed by atoms with Crippen molar-refractivity contribution in [2.75, 3.05) is 6.54 Å². The number of halogens is 2. The number of hydrogen-bond donors (Lipinski definition) is 3. The van der Waals surface area contributed by atoms with E-state index >= 15 is 0 Å². The molecule has 0 radical (unpaired) electrons. The zero-order valence-electron chi connectivity index (χ0n) is 9.59. The third-order valence-corrected chi connectivity index (χ3v) is 2.77. The van der Waals surface area contributed by atoms with Crippen molar-refractivity contribution < 1.29 is 28.6 Å². The number of hydrogen-bond acceptors (Lipinski definition) is 3. The Labute approximate surface area is 96.8 Å². The SMILES string of the molecule is CC(F)(F)CNC(=O)C1(C(=O)O)CC(C)(O)C1. The Balaban J connectivity index is 2.69. The Hall–Kier alpha value is -1.24. The maximum absolute atomic E-state index is 12.5. The monoisotopic (exact) mass is 251 g/mol. The van der Waals surface area contributed by atoms with E-state index in [4.69, 9.17) is 5.11 Å². The van der Waals surface area contributed by atoms with Crippen molar-refractivity contribution in [3.05, 3.63) is 0 Å². The average Bonchev–Trinajstić information content (AvgIpc) is 2.07. The van der Waals surface area contributed by atoms with Crippen LogP contribution in [0.25, 0.3) is 0 Å². The van der Waals surface area contributed by atoms with Crippen LogP contribution in [-0.2, 0) is 9.59 Å². The second kappa shape index (κ2) is 3.90. The highest BCUT2D eigenvalue weighted by atomic mass is 19.3. The van der Waals surface area contributed by atoms with E-state index in [2.05, 4.69) is 0 Å². The summed E-state index contributed by atoms with van der Waals surface area (Å²) < 4.78 is 25.1. The summed E-state index contributed by atoms with van der Waals surface area (Å²) in [6.45, 7) is 1.11. The van der Waals surface area contributed by atoms with Crippen molar-refractivity contribution in [2.45, 2.75) is 38.2 Å². The van der Waals surface area contributed by atoms with Crippen LogP contribution >= 0.6 is 0 Å². The first-order valence-corrected chi connectivity index (χ1v) is 5.10. The molecule has 0 saturated heterocycles. The van der Waals surface area contributed by atoms with Gasteiger partial charge >= 0.3 is 5.97 Å².